The van der Waals surface area contributed by atoms with Crippen LogP contribution in [0.5, 0.6) is 0 Å². The van der Waals surface area contributed by atoms with Crippen LogP contribution in [0.2, 0.25) is 0 Å². The summed E-state index contributed by atoms with van der Waals surface area (Å²) in [6, 6.07) is 6.53. The lowest BCUT2D eigenvalue weighted by molar-refractivity contribution is -0.126. The summed E-state index contributed by atoms with van der Waals surface area (Å²) >= 11 is 0. The van der Waals surface area contributed by atoms with Gasteiger partial charge in [-0.2, -0.15) is 13.5 Å². The molecule has 11 nitrogen and oxygen atoms in total. The highest BCUT2D eigenvalue weighted by Gasteiger charge is 2.49. The Kier molecular flexibility index (Phi) is 4.80. The van der Waals surface area contributed by atoms with E-state index in [4.69, 9.17) is 4.55 Å². The second kappa shape index (κ2) is 6.90. The number of amides is 4. The summed E-state index contributed by atoms with van der Waals surface area (Å²) in [4.78, 5) is 37.6. The van der Waals surface area contributed by atoms with Crippen LogP contribution in [0.15, 0.2) is 24.3 Å². The molecule has 3 rings (SSSR count). The standard InChI is InChI=1S/C14H15N4O7S/c19-12(9-4-2-1-3-5-9)15-16-13(20)11-7-6-10-8-17(11)14(21)18(10)25-26(22,23)24/h2-5,10-11H,6-8H2,(H,15,19)(H,16,20)(H,22,23,24)/t10-,11+/m1/s1. The molecule has 0 saturated carbocycles. The van der Waals surface area contributed by atoms with Crippen molar-refractivity contribution in [3.8, 4) is 0 Å². The van der Waals surface area contributed by atoms with E-state index in [1.165, 1.54) is 12.1 Å². The lowest BCUT2D eigenvalue weighted by atomic mass is 10.0. The minimum atomic E-state index is -4.85. The van der Waals surface area contributed by atoms with Crippen LogP contribution in [0, 0.1) is 6.07 Å². The zero-order valence-corrected chi connectivity index (χ0v) is 14.1. The molecular formula is C14H15N4O7S. The van der Waals surface area contributed by atoms with Crippen molar-refractivity contribution in [2.45, 2.75) is 24.9 Å². The van der Waals surface area contributed by atoms with Gasteiger partial charge in [0.05, 0.1) is 6.04 Å². The van der Waals surface area contributed by atoms with Crippen LogP contribution in [-0.4, -0.2) is 59.4 Å². The Bertz CT molecular complexity index is 829. The average Bonchev–Trinajstić information content (AvgIpc) is 2.84. The number of hydrazine groups is 1. The van der Waals surface area contributed by atoms with Gasteiger partial charge in [-0.3, -0.25) is 25.0 Å². The third kappa shape index (κ3) is 3.76. The molecule has 2 aliphatic heterocycles. The summed E-state index contributed by atoms with van der Waals surface area (Å²) in [5.41, 5.74) is 4.81. The molecule has 1 radical (unpaired) electrons. The van der Waals surface area contributed by atoms with Gasteiger partial charge in [0.15, 0.2) is 0 Å². The molecule has 0 unspecified atom stereocenters. The zero-order chi connectivity index (χ0) is 18.9. The predicted octanol–water partition coefficient (Wildman–Crippen LogP) is -0.749. The third-order valence-electron chi connectivity index (χ3n) is 4.08. The topological polar surface area (TPSA) is 145 Å². The number of nitrogens with one attached hydrogen (secondary N) is 2. The highest BCUT2D eigenvalue weighted by Crippen LogP contribution is 2.30. The molecule has 1 aromatic rings. The van der Waals surface area contributed by atoms with Crippen molar-refractivity contribution in [1.29, 1.82) is 0 Å². The van der Waals surface area contributed by atoms with E-state index in [1.54, 1.807) is 12.1 Å². The summed E-state index contributed by atoms with van der Waals surface area (Å²) < 4.78 is 34.7. The van der Waals surface area contributed by atoms with Gasteiger partial charge in [0.25, 0.3) is 11.8 Å². The molecule has 2 saturated heterocycles. The van der Waals surface area contributed by atoms with Gasteiger partial charge in [-0.05, 0) is 31.0 Å². The van der Waals surface area contributed by atoms with E-state index in [9.17, 15) is 22.8 Å². The van der Waals surface area contributed by atoms with Crippen LogP contribution in [0.25, 0.3) is 0 Å². The van der Waals surface area contributed by atoms with Crippen LogP contribution in [0.1, 0.15) is 23.2 Å². The zero-order valence-electron chi connectivity index (χ0n) is 13.3. The average molecular weight is 383 g/mol. The Labute approximate surface area is 148 Å². The summed E-state index contributed by atoms with van der Waals surface area (Å²) in [5, 5.41) is 0.543. The first-order chi connectivity index (χ1) is 12.3. The number of carbonyl (C=O) groups excluding carboxylic acids is 3. The summed E-state index contributed by atoms with van der Waals surface area (Å²) in [5.74, 6) is -1.16. The lowest BCUT2D eigenvalue weighted by Crippen LogP contribution is -2.54. The number of benzene rings is 1. The number of piperidine rings is 1. The van der Waals surface area contributed by atoms with E-state index >= 15 is 0 Å². The number of rotatable bonds is 4. The third-order valence-corrected chi connectivity index (χ3v) is 4.43. The molecule has 2 aliphatic rings. The highest BCUT2D eigenvalue weighted by molar-refractivity contribution is 7.80. The number of hydrogen-bond acceptors (Lipinski definition) is 6. The Morgan fingerprint density at radius 2 is 1.92 bits per heavy atom. The Morgan fingerprint density at radius 3 is 2.58 bits per heavy atom. The van der Waals surface area contributed by atoms with Crippen LogP contribution in [-0.2, 0) is 19.5 Å². The van der Waals surface area contributed by atoms with Crippen molar-refractivity contribution < 1.29 is 31.6 Å². The van der Waals surface area contributed by atoms with Crippen molar-refractivity contribution >= 4 is 28.2 Å². The van der Waals surface area contributed by atoms with Crippen molar-refractivity contribution in [1.82, 2.24) is 20.8 Å². The molecule has 12 heteroatoms. The Hall–Kier alpha value is -2.70. The predicted molar refractivity (Wildman–Crippen MR) is 84.3 cm³/mol. The molecule has 2 fully saturated rings. The lowest BCUT2D eigenvalue weighted by Gasteiger charge is -2.29. The van der Waals surface area contributed by atoms with Crippen LogP contribution in [0.4, 0.5) is 4.79 Å². The fourth-order valence-electron chi connectivity index (χ4n) is 2.92. The van der Waals surface area contributed by atoms with Gasteiger partial charge < -0.3 is 4.90 Å². The number of urea groups is 1. The Balaban J connectivity index is 1.61. The van der Waals surface area contributed by atoms with Gasteiger partial charge in [-0.1, -0.05) is 12.1 Å². The number of fused-ring (bicyclic) bond motifs is 2. The van der Waals surface area contributed by atoms with E-state index in [-0.39, 0.29) is 19.4 Å². The van der Waals surface area contributed by atoms with E-state index in [1.807, 2.05) is 0 Å². The molecule has 26 heavy (non-hydrogen) atoms. The minimum absolute atomic E-state index is 0.0644. The number of carbonyl (C=O) groups is 3. The maximum atomic E-state index is 12.3. The first kappa shape index (κ1) is 18.1. The van der Waals surface area contributed by atoms with Gasteiger partial charge in [0.2, 0.25) is 0 Å². The smallest absolute Gasteiger partial charge is 0.309 e. The summed E-state index contributed by atoms with van der Waals surface area (Å²) in [7, 11) is -4.85. The summed E-state index contributed by atoms with van der Waals surface area (Å²) in [6.45, 7) is 0.0644. The van der Waals surface area contributed by atoms with Gasteiger partial charge in [0.1, 0.15) is 6.04 Å². The second-order valence-electron chi connectivity index (χ2n) is 5.74. The first-order valence-electron chi connectivity index (χ1n) is 7.59. The van der Waals surface area contributed by atoms with E-state index in [2.05, 4.69) is 21.2 Å². The van der Waals surface area contributed by atoms with Gasteiger partial charge in [-0.15, -0.1) is 4.28 Å². The molecule has 3 N–H and O–H groups in total. The van der Waals surface area contributed by atoms with Crippen molar-refractivity contribution in [2.75, 3.05) is 6.54 Å². The molecule has 2 bridgehead atoms. The van der Waals surface area contributed by atoms with Crippen molar-refractivity contribution in [3.05, 3.63) is 35.9 Å². The molecular weight excluding hydrogens is 368 g/mol. The maximum Gasteiger partial charge on any atom is 0.418 e. The van der Waals surface area contributed by atoms with Crippen LogP contribution in [0.3, 0.4) is 0 Å². The molecule has 0 spiro atoms. The molecule has 2 atom stereocenters. The number of hydroxylamine groups is 2. The molecule has 0 aliphatic carbocycles. The highest BCUT2D eigenvalue weighted by atomic mass is 32.3. The molecule has 4 amide bonds. The summed E-state index contributed by atoms with van der Waals surface area (Å²) in [6.07, 6.45) is 0.530. The largest absolute Gasteiger partial charge is 0.418 e. The fourth-order valence-corrected chi connectivity index (χ4v) is 3.30. The quantitative estimate of drug-likeness (QED) is 0.458. The van der Waals surface area contributed by atoms with Crippen molar-refractivity contribution in [2.24, 2.45) is 0 Å². The fraction of sp³-hybridized carbons (Fsp3) is 0.357. The van der Waals surface area contributed by atoms with Crippen molar-refractivity contribution in [3.63, 3.8) is 0 Å². The number of nitrogens with zero attached hydrogens (tertiary/aromatic N) is 2. The molecule has 1 aromatic carbocycles. The Morgan fingerprint density at radius 1 is 1.23 bits per heavy atom. The second-order valence-corrected chi connectivity index (χ2v) is 6.75. The van der Waals surface area contributed by atoms with E-state index < -0.39 is 40.3 Å². The maximum absolute atomic E-state index is 12.3. The van der Waals surface area contributed by atoms with Crippen LogP contribution >= 0.6 is 0 Å². The van der Waals surface area contributed by atoms with Gasteiger partial charge in [0, 0.05) is 12.1 Å². The van der Waals surface area contributed by atoms with E-state index in [0.29, 0.717) is 10.6 Å². The van der Waals surface area contributed by atoms with Gasteiger partial charge in [-0.25, -0.2) is 4.79 Å². The van der Waals surface area contributed by atoms with Gasteiger partial charge >= 0.3 is 16.4 Å². The molecule has 139 valence electrons. The SMILES string of the molecule is O=C(NNC(=O)[C@@H]1CC[C@@H]2CN1C(=O)N2OS(=O)(=O)O)c1cc[c]cc1. The first-order valence-corrected chi connectivity index (χ1v) is 8.96. The molecule has 2 heterocycles. The monoisotopic (exact) mass is 383 g/mol. The van der Waals surface area contributed by atoms with E-state index in [0.717, 1.165) is 4.90 Å². The normalized spacial score (nSPS) is 22.3. The minimum Gasteiger partial charge on any atom is -0.309 e. The number of hydrogen-bond donors (Lipinski definition) is 3. The molecule has 0 aromatic heterocycles. The van der Waals surface area contributed by atoms with Crippen LogP contribution < -0.4 is 10.9 Å².